The number of nitrogens with zero attached hydrogens (tertiary/aromatic N) is 1. The minimum Gasteiger partial charge on any atom is -0.505 e. The number of hydrogen-bond acceptors (Lipinski definition) is 2. The summed E-state index contributed by atoms with van der Waals surface area (Å²) in [6.45, 7) is 3.43. The van der Waals surface area contributed by atoms with E-state index in [1.165, 1.54) is 12.1 Å². The van der Waals surface area contributed by atoms with E-state index in [1.807, 2.05) is 6.07 Å². The van der Waals surface area contributed by atoms with Crippen LogP contribution in [-0.2, 0) is 0 Å². The Hall–Kier alpha value is -1.56. The topological polar surface area (TPSA) is 44.0 Å². The van der Waals surface area contributed by atoms with Crippen LogP contribution in [0.15, 0.2) is 12.1 Å². The van der Waals surface area contributed by atoms with Crippen molar-refractivity contribution in [3.63, 3.8) is 0 Å². The molecule has 0 aliphatic carbocycles. The summed E-state index contributed by atoms with van der Waals surface area (Å²) in [6, 6.07) is 4.56. The first-order valence-electron chi connectivity index (χ1n) is 3.95. The first-order chi connectivity index (χ1) is 6.06. The summed E-state index contributed by atoms with van der Waals surface area (Å²) in [5.41, 5.74) is 1.35. The molecular weight excluding hydrogens is 169 g/mol. The third kappa shape index (κ3) is 1.78. The number of aromatic hydroxyl groups is 1. The third-order valence-corrected chi connectivity index (χ3v) is 2.00. The highest BCUT2D eigenvalue weighted by atomic mass is 19.1. The lowest BCUT2D eigenvalue weighted by molar-refractivity contribution is 0.431. The summed E-state index contributed by atoms with van der Waals surface area (Å²) in [4.78, 5) is 0. The van der Waals surface area contributed by atoms with Gasteiger partial charge in [0.05, 0.1) is 12.0 Å². The van der Waals surface area contributed by atoms with E-state index >= 15 is 0 Å². The van der Waals surface area contributed by atoms with Crippen molar-refractivity contribution in [1.82, 2.24) is 0 Å². The summed E-state index contributed by atoms with van der Waals surface area (Å²) in [7, 11) is 0. The molecule has 13 heavy (non-hydrogen) atoms. The Morgan fingerprint density at radius 2 is 2.15 bits per heavy atom. The molecule has 1 rings (SSSR count). The summed E-state index contributed by atoms with van der Waals surface area (Å²) in [5, 5.41) is 17.7. The second-order valence-electron chi connectivity index (χ2n) is 3.01. The van der Waals surface area contributed by atoms with E-state index in [4.69, 9.17) is 10.4 Å². The van der Waals surface area contributed by atoms with E-state index in [2.05, 4.69) is 0 Å². The number of aryl methyl sites for hydroxylation is 1. The van der Waals surface area contributed by atoms with Crippen LogP contribution < -0.4 is 0 Å². The fraction of sp³-hybridized carbons (Fsp3) is 0.300. The van der Waals surface area contributed by atoms with E-state index in [9.17, 15) is 4.39 Å². The highest BCUT2D eigenvalue weighted by molar-refractivity contribution is 5.39. The SMILES string of the molecule is Cc1cc(O)c(F)cc1C(C)C#N. The van der Waals surface area contributed by atoms with Gasteiger partial charge in [-0.3, -0.25) is 0 Å². The molecule has 0 saturated carbocycles. The first kappa shape index (κ1) is 9.53. The largest absolute Gasteiger partial charge is 0.505 e. The van der Waals surface area contributed by atoms with Crippen molar-refractivity contribution >= 4 is 0 Å². The summed E-state index contributed by atoms with van der Waals surface area (Å²) < 4.78 is 12.9. The molecule has 0 aromatic heterocycles. The molecular formula is C10H10FNO. The van der Waals surface area contributed by atoms with Gasteiger partial charge in [0.25, 0.3) is 0 Å². The fourth-order valence-corrected chi connectivity index (χ4v) is 1.22. The lowest BCUT2D eigenvalue weighted by atomic mass is 9.97. The molecule has 3 heteroatoms. The molecule has 1 unspecified atom stereocenters. The standard InChI is InChI=1S/C10H10FNO/c1-6-3-10(13)9(11)4-8(6)7(2)5-12/h3-4,7,13H,1-2H3. The van der Waals surface area contributed by atoms with Gasteiger partial charge in [0.1, 0.15) is 0 Å². The predicted molar refractivity (Wildman–Crippen MR) is 46.8 cm³/mol. The Labute approximate surface area is 76.2 Å². The van der Waals surface area contributed by atoms with Crippen molar-refractivity contribution in [3.8, 4) is 11.8 Å². The molecule has 0 amide bonds. The molecule has 0 aliphatic rings. The van der Waals surface area contributed by atoms with Crippen molar-refractivity contribution < 1.29 is 9.50 Å². The van der Waals surface area contributed by atoms with E-state index in [0.717, 1.165) is 5.56 Å². The molecule has 0 bridgehead atoms. The predicted octanol–water partition coefficient (Wildman–Crippen LogP) is 2.47. The van der Waals surface area contributed by atoms with Gasteiger partial charge in [-0.1, -0.05) is 0 Å². The van der Waals surface area contributed by atoms with E-state index in [0.29, 0.717) is 5.56 Å². The van der Waals surface area contributed by atoms with Crippen LogP contribution in [0.25, 0.3) is 0 Å². The average molecular weight is 179 g/mol. The molecule has 2 nitrogen and oxygen atoms in total. The van der Waals surface area contributed by atoms with Crippen molar-refractivity contribution in [2.75, 3.05) is 0 Å². The third-order valence-electron chi connectivity index (χ3n) is 2.00. The molecule has 0 spiro atoms. The molecule has 1 atom stereocenters. The Bertz CT molecular complexity index is 368. The van der Waals surface area contributed by atoms with E-state index in [1.54, 1.807) is 13.8 Å². The average Bonchev–Trinajstić information content (AvgIpc) is 2.10. The Morgan fingerprint density at radius 3 is 2.69 bits per heavy atom. The van der Waals surface area contributed by atoms with Gasteiger partial charge in [0.2, 0.25) is 0 Å². The molecule has 1 N–H and O–H groups in total. The minimum atomic E-state index is -0.678. The van der Waals surface area contributed by atoms with Crippen LogP contribution in [-0.4, -0.2) is 5.11 Å². The van der Waals surface area contributed by atoms with Crippen LogP contribution in [0, 0.1) is 24.1 Å². The van der Waals surface area contributed by atoms with Crippen LogP contribution in [0.4, 0.5) is 4.39 Å². The quantitative estimate of drug-likeness (QED) is 0.719. The van der Waals surface area contributed by atoms with Crippen LogP contribution in [0.3, 0.4) is 0 Å². The summed E-state index contributed by atoms with van der Waals surface area (Å²) in [5.74, 6) is -1.40. The zero-order chi connectivity index (χ0) is 10.0. The van der Waals surface area contributed by atoms with Crippen LogP contribution in [0.5, 0.6) is 5.75 Å². The van der Waals surface area contributed by atoms with Gasteiger partial charge in [0, 0.05) is 0 Å². The minimum absolute atomic E-state index is 0.352. The first-order valence-corrected chi connectivity index (χ1v) is 3.95. The zero-order valence-corrected chi connectivity index (χ0v) is 7.50. The number of phenols is 1. The molecule has 1 aromatic rings. The van der Waals surface area contributed by atoms with Gasteiger partial charge < -0.3 is 5.11 Å². The molecule has 0 radical (unpaired) electrons. The molecule has 68 valence electrons. The fourth-order valence-electron chi connectivity index (χ4n) is 1.22. The van der Waals surface area contributed by atoms with Crippen molar-refractivity contribution in [3.05, 3.63) is 29.1 Å². The zero-order valence-electron chi connectivity index (χ0n) is 7.50. The highest BCUT2D eigenvalue weighted by Crippen LogP contribution is 2.25. The Kier molecular flexibility index (Phi) is 2.52. The maximum Gasteiger partial charge on any atom is 0.165 e. The Balaban J connectivity index is 3.25. The monoisotopic (exact) mass is 179 g/mol. The smallest absolute Gasteiger partial charge is 0.165 e. The second kappa shape index (κ2) is 3.44. The molecule has 0 aliphatic heterocycles. The highest BCUT2D eigenvalue weighted by Gasteiger charge is 2.11. The molecule has 1 aromatic carbocycles. The van der Waals surface area contributed by atoms with Gasteiger partial charge >= 0.3 is 0 Å². The summed E-state index contributed by atoms with van der Waals surface area (Å²) in [6.07, 6.45) is 0. The van der Waals surface area contributed by atoms with Crippen LogP contribution in [0.1, 0.15) is 24.0 Å². The van der Waals surface area contributed by atoms with Gasteiger partial charge in [-0.05, 0) is 37.1 Å². The lowest BCUT2D eigenvalue weighted by Gasteiger charge is -2.08. The summed E-state index contributed by atoms with van der Waals surface area (Å²) >= 11 is 0. The Morgan fingerprint density at radius 1 is 1.54 bits per heavy atom. The van der Waals surface area contributed by atoms with Crippen molar-refractivity contribution in [2.24, 2.45) is 0 Å². The number of halogens is 1. The number of phenolic OH excluding ortho intramolecular Hbond substituents is 1. The molecule has 0 fully saturated rings. The number of benzene rings is 1. The molecule has 0 heterocycles. The van der Waals surface area contributed by atoms with E-state index < -0.39 is 5.82 Å². The maximum absolute atomic E-state index is 12.9. The van der Waals surface area contributed by atoms with Crippen molar-refractivity contribution in [2.45, 2.75) is 19.8 Å². The van der Waals surface area contributed by atoms with Crippen LogP contribution in [0.2, 0.25) is 0 Å². The maximum atomic E-state index is 12.9. The number of hydrogen-bond donors (Lipinski definition) is 1. The number of nitriles is 1. The van der Waals surface area contributed by atoms with Gasteiger partial charge in [-0.15, -0.1) is 0 Å². The lowest BCUT2D eigenvalue weighted by Crippen LogP contribution is -1.95. The van der Waals surface area contributed by atoms with Gasteiger partial charge in [0.15, 0.2) is 11.6 Å². The van der Waals surface area contributed by atoms with Crippen LogP contribution >= 0.6 is 0 Å². The normalized spacial score (nSPS) is 12.2. The van der Waals surface area contributed by atoms with Gasteiger partial charge in [-0.25, -0.2) is 4.39 Å². The van der Waals surface area contributed by atoms with Gasteiger partial charge in [-0.2, -0.15) is 5.26 Å². The van der Waals surface area contributed by atoms with E-state index in [-0.39, 0.29) is 11.7 Å². The number of rotatable bonds is 1. The van der Waals surface area contributed by atoms with Crippen molar-refractivity contribution in [1.29, 1.82) is 5.26 Å². The second-order valence-corrected chi connectivity index (χ2v) is 3.01. The molecule has 0 saturated heterocycles.